The maximum absolute atomic E-state index is 13.1. The predicted octanol–water partition coefficient (Wildman–Crippen LogP) is 1.68. The summed E-state index contributed by atoms with van der Waals surface area (Å²) in [5.74, 6) is -0.720. The first-order valence-corrected chi connectivity index (χ1v) is 9.72. The van der Waals surface area contributed by atoms with Crippen molar-refractivity contribution in [2.75, 3.05) is 19.7 Å². The molecule has 1 aliphatic rings. The van der Waals surface area contributed by atoms with E-state index in [-0.39, 0.29) is 22.8 Å². The van der Waals surface area contributed by atoms with Crippen molar-refractivity contribution in [1.29, 1.82) is 0 Å². The van der Waals surface area contributed by atoms with Crippen LogP contribution < -0.4 is 0 Å². The Balaban J connectivity index is 2.32. The van der Waals surface area contributed by atoms with Gasteiger partial charge < -0.3 is 4.74 Å². The van der Waals surface area contributed by atoms with Gasteiger partial charge in [-0.1, -0.05) is 20.8 Å². The van der Waals surface area contributed by atoms with E-state index in [9.17, 15) is 13.2 Å². The van der Waals surface area contributed by atoms with Crippen LogP contribution in [0.5, 0.6) is 0 Å². The zero-order valence-electron chi connectivity index (χ0n) is 15.1. The molecule has 2 heterocycles. The maximum Gasteiger partial charge on any atom is 0.310 e. The van der Waals surface area contributed by atoms with Crippen LogP contribution in [-0.2, 0) is 32.0 Å². The number of piperidine rings is 1. The van der Waals surface area contributed by atoms with E-state index in [2.05, 4.69) is 5.10 Å². The number of nitrogens with zero attached hydrogens (tertiary/aromatic N) is 3. The van der Waals surface area contributed by atoms with Crippen LogP contribution in [0.4, 0.5) is 0 Å². The fraction of sp³-hybridized carbons (Fsp3) is 0.750. The molecule has 2 rings (SSSR count). The molecule has 0 N–H and O–H groups in total. The molecule has 1 saturated heterocycles. The minimum absolute atomic E-state index is 0.166. The summed E-state index contributed by atoms with van der Waals surface area (Å²) in [5.41, 5.74) is 0.156. The van der Waals surface area contributed by atoms with Crippen molar-refractivity contribution in [3.8, 4) is 0 Å². The topological polar surface area (TPSA) is 81.5 Å². The number of ether oxygens (including phenoxy) is 1. The molecule has 8 heteroatoms. The summed E-state index contributed by atoms with van der Waals surface area (Å²) in [6.07, 6.45) is 2.85. The summed E-state index contributed by atoms with van der Waals surface area (Å²) in [7, 11) is -1.98. The number of hydrogen-bond donors (Lipinski definition) is 0. The average Bonchev–Trinajstić information content (AvgIpc) is 2.91. The van der Waals surface area contributed by atoms with Crippen LogP contribution in [-0.4, -0.2) is 48.2 Å². The number of hydrogen-bond acceptors (Lipinski definition) is 5. The Morgan fingerprint density at radius 3 is 2.67 bits per heavy atom. The van der Waals surface area contributed by atoms with Gasteiger partial charge in [-0.05, 0) is 19.8 Å². The van der Waals surface area contributed by atoms with Gasteiger partial charge in [0.2, 0.25) is 10.0 Å². The zero-order chi connectivity index (χ0) is 18.1. The highest BCUT2D eigenvalue weighted by atomic mass is 32.2. The van der Waals surface area contributed by atoms with Gasteiger partial charge in [0, 0.05) is 31.7 Å². The molecule has 24 heavy (non-hydrogen) atoms. The summed E-state index contributed by atoms with van der Waals surface area (Å²) >= 11 is 0. The molecular weight excluding hydrogens is 330 g/mol. The molecule has 1 aliphatic heterocycles. The van der Waals surface area contributed by atoms with Gasteiger partial charge in [0.15, 0.2) is 0 Å². The van der Waals surface area contributed by atoms with Gasteiger partial charge in [-0.15, -0.1) is 0 Å². The predicted molar refractivity (Wildman–Crippen MR) is 90.0 cm³/mol. The second-order valence-electron chi connectivity index (χ2n) is 7.22. The maximum atomic E-state index is 13.1. The molecule has 7 nitrogen and oxygen atoms in total. The minimum atomic E-state index is -3.69. The van der Waals surface area contributed by atoms with Crippen molar-refractivity contribution in [1.82, 2.24) is 14.1 Å². The van der Waals surface area contributed by atoms with E-state index < -0.39 is 15.9 Å². The number of esters is 1. The van der Waals surface area contributed by atoms with E-state index in [4.69, 9.17) is 4.74 Å². The van der Waals surface area contributed by atoms with Gasteiger partial charge >= 0.3 is 5.97 Å². The molecule has 0 spiro atoms. The molecular formula is C16H27N3O4S. The summed E-state index contributed by atoms with van der Waals surface area (Å²) in [4.78, 5) is 12.2. The third-order valence-corrected chi connectivity index (χ3v) is 5.99. The van der Waals surface area contributed by atoms with Gasteiger partial charge in [0.25, 0.3) is 0 Å². The molecule has 1 atom stereocenters. The highest BCUT2D eigenvalue weighted by molar-refractivity contribution is 7.89. The van der Waals surface area contributed by atoms with E-state index in [1.807, 2.05) is 20.8 Å². The van der Waals surface area contributed by atoms with Crippen LogP contribution in [0.2, 0.25) is 0 Å². The van der Waals surface area contributed by atoms with Crippen LogP contribution in [0.25, 0.3) is 0 Å². The molecule has 0 aromatic carbocycles. The van der Waals surface area contributed by atoms with E-state index in [0.717, 1.165) is 0 Å². The monoisotopic (exact) mass is 357 g/mol. The fourth-order valence-electron chi connectivity index (χ4n) is 2.93. The van der Waals surface area contributed by atoms with Crippen LogP contribution in [0, 0.1) is 5.92 Å². The molecule has 0 radical (unpaired) electrons. The Kier molecular flexibility index (Phi) is 5.39. The van der Waals surface area contributed by atoms with E-state index in [1.165, 1.54) is 8.99 Å². The van der Waals surface area contributed by atoms with Crippen molar-refractivity contribution in [2.24, 2.45) is 13.0 Å². The number of sulfonamides is 1. The van der Waals surface area contributed by atoms with Gasteiger partial charge in [0.05, 0.1) is 18.2 Å². The fourth-order valence-corrected chi connectivity index (χ4v) is 4.83. The number of aromatic nitrogens is 2. The third-order valence-electron chi connectivity index (χ3n) is 4.13. The van der Waals surface area contributed by atoms with E-state index >= 15 is 0 Å². The molecule has 1 aromatic rings. The molecule has 0 aliphatic carbocycles. The van der Waals surface area contributed by atoms with E-state index in [1.54, 1.807) is 20.2 Å². The highest BCUT2D eigenvalue weighted by Gasteiger charge is 2.37. The Labute approximate surface area is 144 Å². The molecule has 136 valence electrons. The van der Waals surface area contributed by atoms with Crippen molar-refractivity contribution in [3.05, 3.63) is 11.9 Å². The average molecular weight is 357 g/mol. The first-order chi connectivity index (χ1) is 11.1. The van der Waals surface area contributed by atoms with Crippen LogP contribution in [0.1, 0.15) is 46.2 Å². The second-order valence-corrected chi connectivity index (χ2v) is 9.13. The molecule has 1 aromatic heterocycles. The molecule has 0 saturated carbocycles. The lowest BCUT2D eigenvalue weighted by molar-refractivity contribution is -0.149. The Morgan fingerprint density at radius 2 is 2.08 bits per heavy atom. The van der Waals surface area contributed by atoms with Crippen molar-refractivity contribution >= 4 is 16.0 Å². The standard InChI is InChI=1S/C16H27N3O4S/c1-6-23-15(20)12-8-7-9-19(10-12)24(21,22)13-11-18(5)17-14(13)16(2,3)4/h11-12H,6-10H2,1-5H3. The molecule has 0 bridgehead atoms. The normalized spacial score (nSPS) is 20.1. The largest absolute Gasteiger partial charge is 0.466 e. The summed E-state index contributed by atoms with van der Waals surface area (Å²) in [6, 6.07) is 0. The first-order valence-electron chi connectivity index (χ1n) is 8.28. The van der Waals surface area contributed by atoms with Crippen molar-refractivity contribution in [2.45, 2.75) is 50.8 Å². The van der Waals surface area contributed by atoms with Crippen LogP contribution >= 0.6 is 0 Å². The lowest BCUT2D eigenvalue weighted by Gasteiger charge is -2.31. The highest BCUT2D eigenvalue weighted by Crippen LogP contribution is 2.31. The molecule has 1 unspecified atom stereocenters. The van der Waals surface area contributed by atoms with Crippen LogP contribution in [0.3, 0.4) is 0 Å². The lowest BCUT2D eigenvalue weighted by Crippen LogP contribution is -2.43. The quantitative estimate of drug-likeness (QED) is 0.766. The van der Waals surface area contributed by atoms with Gasteiger partial charge in [-0.25, -0.2) is 8.42 Å². The van der Waals surface area contributed by atoms with Gasteiger partial charge in [0.1, 0.15) is 4.90 Å². The summed E-state index contributed by atoms with van der Waals surface area (Å²) in [6.45, 7) is 8.44. The second kappa shape index (κ2) is 6.84. The molecule has 1 fully saturated rings. The Bertz CT molecular complexity index is 703. The number of carbonyl (C=O) groups is 1. The Hall–Kier alpha value is -1.41. The number of rotatable bonds is 4. The third kappa shape index (κ3) is 3.80. The smallest absolute Gasteiger partial charge is 0.310 e. The summed E-state index contributed by atoms with van der Waals surface area (Å²) < 4.78 is 34.2. The molecule has 0 amide bonds. The minimum Gasteiger partial charge on any atom is -0.466 e. The van der Waals surface area contributed by atoms with Crippen molar-refractivity contribution < 1.29 is 17.9 Å². The SMILES string of the molecule is CCOC(=O)C1CCCN(S(=O)(=O)c2cn(C)nc2C(C)(C)C)C1. The number of aryl methyl sites for hydroxylation is 1. The van der Waals surface area contributed by atoms with Gasteiger partial charge in [-0.3, -0.25) is 9.48 Å². The van der Waals surface area contributed by atoms with E-state index in [0.29, 0.717) is 31.7 Å². The first kappa shape index (κ1) is 18.9. The zero-order valence-corrected chi connectivity index (χ0v) is 15.9. The number of carbonyl (C=O) groups excluding carboxylic acids is 1. The Morgan fingerprint density at radius 1 is 1.42 bits per heavy atom. The van der Waals surface area contributed by atoms with Crippen molar-refractivity contribution in [3.63, 3.8) is 0 Å². The summed E-state index contributed by atoms with van der Waals surface area (Å²) in [5, 5.41) is 4.35. The van der Waals surface area contributed by atoms with Crippen LogP contribution in [0.15, 0.2) is 11.1 Å². The van der Waals surface area contributed by atoms with Gasteiger partial charge in [-0.2, -0.15) is 9.40 Å². The lowest BCUT2D eigenvalue weighted by atomic mass is 9.92.